The van der Waals surface area contributed by atoms with Crippen LogP contribution in [0.15, 0.2) is 24.3 Å². The van der Waals surface area contributed by atoms with Gasteiger partial charge in [0.05, 0.1) is 18.8 Å². The van der Waals surface area contributed by atoms with Crippen LogP contribution in [0, 0.1) is 5.41 Å². The molecule has 0 aromatic heterocycles. The van der Waals surface area contributed by atoms with Crippen molar-refractivity contribution in [1.82, 2.24) is 4.90 Å². The summed E-state index contributed by atoms with van der Waals surface area (Å²) in [7, 11) is 0. The number of carbonyl (C=O) groups excluding carboxylic acids is 1. The van der Waals surface area contributed by atoms with Crippen molar-refractivity contribution in [2.24, 2.45) is 11.1 Å². The first kappa shape index (κ1) is 21.5. The van der Waals surface area contributed by atoms with Gasteiger partial charge in [0.25, 0.3) is 0 Å². The molecule has 1 amide bonds. The van der Waals surface area contributed by atoms with Crippen LogP contribution in [0.4, 0.5) is 0 Å². The molecule has 0 unspecified atom stereocenters. The van der Waals surface area contributed by atoms with E-state index in [0.717, 1.165) is 82.4 Å². The maximum atomic E-state index is 12.1. The topological polar surface area (TPSA) is 75.8 Å². The predicted octanol–water partition coefficient (Wildman–Crippen LogP) is 3.84. The Morgan fingerprint density at radius 3 is 2.47 bits per heavy atom. The van der Waals surface area contributed by atoms with Crippen LogP contribution in [-0.2, 0) is 10.3 Å². The van der Waals surface area contributed by atoms with Crippen LogP contribution >= 0.6 is 0 Å². The Labute approximate surface area is 180 Å². The third-order valence-electron chi connectivity index (χ3n) is 7.48. The standard InChI is InChI=1S/C25H36N2O3/c1-24(2)9-5-18(6-10-24)22-17-19(3-4-21(22)23(26)28)25(29)11-7-20(8-12-25)27-13-15-30-16-14-27/h3-5,17,20,29H,6-16H2,1-2H3,(H2,26,28). The summed E-state index contributed by atoms with van der Waals surface area (Å²) in [6, 6.07) is 6.30. The Bertz CT molecular complexity index is 816. The summed E-state index contributed by atoms with van der Waals surface area (Å²) in [4.78, 5) is 14.6. The Morgan fingerprint density at radius 1 is 1.17 bits per heavy atom. The molecule has 2 aliphatic carbocycles. The van der Waals surface area contributed by atoms with Gasteiger partial charge in [0, 0.05) is 24.7 Å². The molecule has 1 heterocycles. The predicted molar refractivity (Wildman–Crippen MR) is 119 cm³/mol. The van der Waals surface area contributed by atoms with Gasteiger partial charge in [-0.1, -0.05) is 26.0 Å². The summed E-state index contributed by atoms with van der Waals surface area (Å²) in [5.74, 6) is -0.398. The molecule has 4 rings (SSSR count). The molecule has 3 N–H and O–H groups in total. The molecule has 1 aromatic carbocycles. The van der Waals surface area contributed by atoms with Crippen LogP contribution in [0.25, 0.3) is 5.57 Å². The van der Waals surface area contributed by atoms with Crippen molar-refractivity contribution in [3.8, 4) is 0 Å². The van der Waals surface area contributed by atoms with Gasteiger partial charge in [-0.05, 0) is 79.2 Å². The van der Waals surface area contributed by atoms with E-state index < -0.39 is 11.5 Å². The number of amides is 1. The molecular formula is C25H36N2O3. The fourth-order valence-corrected chi connectivity index (χ4v) is 5.31. The largest absolute Gasteiger partial charge is 0.385 e. The van der Waals surface area contributed by atoms with Crippen LogP contribution in [0.2, 0.25) is 0 Å². The maximum absolute atomic E-state index is 12.1. The Kier molecular flexibility index (Phi) is 6.06. The first-order chi connectivity index (χ1) is 14.3. The number of morpholine rings is 1. The van der Waals surface area contributed by atoms with E-state index in [1.165, 1.54) is 5.57 Å². The van der Waals surface area contributed by atoms with Gasteiger partial charge in [-0.25, -0.2) is 0 Å². The lowest BCUT2D eigenvalue weighted by Crippen LogP contribution is -2.47. The second-order valence-corrected chi connectivity index (χ2v) is 10.1. The molecule has 5 nitrogen and oxygen atoms in total. The van der Waals surface area contributed by atoms with Crippen molar-refractivity contribution in [3.05, 3.63) is 41.0 Å². The third-order valence-corrected chi connectivity index (χ3v) is 7.48. The number of allylic oxidation sites excluding steroid dienone is 2. The minimum Gasteiger partial charge on any atom is -0.385 e. The number of ether oxygens (including phenoxy) is 1. The van der Waals surface area contributed by atoms with Crippen LogP contribution in [0.3, 0.4) is 0 Å². The van der Waals surface area contributed by atoms with E-state index in [4.69, 9.17) is 10.5 Å². The Hall–Kier alpha value is -1.69. The number of primary amides is 1. The molecule has 1 saturated carbocycles. The fraction of sp³-hybridized carbons (Fsp3) is 0.640. The van der Waals surface area contributed by atoms with Crippen molar-refractivity contribution in [3.63, 3.8) is 0 Å². The van der Waals surface area contributed by atoms with Crippen molar-refractivity contribution >= 4 is 11.5 Å². The zero-order chi connectivity index (χ0) is 21.4. The molecule has 3 aliphatic rings. The molecule has 0 bridgehead atoms. The van der Waals surface area contributed by atoms with E-state index in [2.05, 4.69) is 24.8 Å². The van der Waals surface area contributed by atoms with Crippen LogP contribution in [0.5, 0.6) is 0 Å². The first-order valence-electron chi connectivity index (χ1n) is 11.5. The number of benzene rings is 1. The normalized spacial score (nSPS) is 30.0. The lowest BCUT2D eigenvalue weighted by molar-refractivity contribution is -0.0447. The molecule has 1 aromatic rings. The van der Waals surface area contributed by atoms with E-state index in [1.54, 1.807) is 0 Å². The lowest BCUT2D eigenvalue weighted by Gasteiger charge is -2.42. The molecule has 164 valence electrons. The van der Waals surface area contributed by atoms with Crippen molar-refractivity contribution in [2.45, 2.75) is 70.4 Å². The lowest BCUT2D eigenvalue weighted by atomic mass is 9.74. The first-order valence-corrected chi connectivity index (χ1v) is 11.5. The molecular weight excluding hydrogens is 376 g/mol. The Balaban J connectivity index is 1.56. The molecule has 0 radical (unpaired) electrons. The highest BCUT2D eigenvalue weighted by atomic mass is 16.5. The van der Waals surface area contributed by atoms with Gasteiger partial charge >= 0.3 is 0 Å². The van der Waals surface area contributed by atoms with Gasteiger partial charge in [-0.15, -0.1) is 0 Å². The molecule has 2 fully saturated rings. The monoisotopic (exact) mass is 412 g/mol. The van der Waals surface area contributed by atoms with Gasteiger partial charge in [0.15, 0.2) is 0 Å². The smallest absolute Gasteiger partial charge is 0.249 e. The highest BCUT2D eigenvalue weighted by Crippen LogP contribution is 2.42. The molecule has 5 heteroatoms. The van der Waals surface area contributed by atoms with Crippen molar-refractivity contribution in [2.75, 3.05) is 26.3 Å². The molecule has 0 spiro atoms. The number of rotatable bonds is 4. The SMILES string of the molecule is CC1(C)CC=C(c2cc(C3(O)CCC(N4CCOCC4)CC3)ccc2C(N)=O)CC1. The summed E-state index contributed by atoms with van der Waals surface area (Å²) in [6.45, 7) is 8.16. The second kappa shape index (κ2) is 8.45. The third kappa shape index (κ3) is 4.48. The van der Waals surface area contributed by atoms with Crippen molar-refractivity contribution < 1.29 is 14.6 Å². The minimum absolute atomic E-state index is 0.296. The number of hydrogen-bond acceptors (Lipinski definition) is 4. The van der Waals surface area contributed by atoms with E-state index >= 15 is 0 Å². The number of aliphatic hydroxyl groups is 1. The summed E-state index contributed by atoms with van der Waals surface area (Å²) in [6.07, 6.45) is 8.75. The minimum atomic E-state index is -0.831. The highest BCUT2D eigenvalue weighted by Gasteiger charge is 2.37. The van der Waals surface area contributed by atoms with Gasteiger partial charge < -0.3 is 15.6 Å². The number of hydrogen-bond donors (Lipinski definition) is 2. The highest BCUT2D eigenvalue weighted by molar-refractivity contribution is 5.98. The molecule has 0 atom stereocenters. The quantitative estimate of drug-likeness (QED) is 0.788. The van der Waals surface area contributed by atoms with E-state index in [9.17, 15) is 9.90 Å². The number of nitrogens with two attached hydrogens (primary N) is 1. The Morgan fingerprint density at radius 2 is 1.87 bits per heavy atom. The van der Waals surface area contributed by atoms with E-state index in [0.29, 0.717) is 17.0 Å². The van der Waals surface area contributed by atoms with Crippen LogP contribution in [0.1, 0.15) is 80.3 Å². The van der Waals surface area contributed by atoms with Gasteiger partial charge in [-0.3, -0.25) is 9.69 Å². The van der Waals surface area contributed by atoms with Gasteiger partial charge in [0.1, 0.15) is 0 Å². The maximum Gasteiger partial charge on any atom is 0.249 e. The average Bonchev–Trinajstić information content (AvgIpc) is 2.74. The number of nitrogens with zero attached hydrogens (tertiary/aromatic N) is 1. The molecule has 30 heavy (non-hydrogen) atoms. The van der Waals surface area contributed by atoms with Crippen LogP contribution < -0.4 is 5.73 Å². The van der Waals surface area contributed by atoms with Crippen LogP contribution in [-0.4, -0.2) is 48.3 Å². The summed E-state index contributed by atoms with van der Waals surface area (Å²) < 4.78 is 5.48. The van der Waals surface area contributed by atoms with E-state index in [-0.39, 0.29) is 0 Å². The van der Waals surface area contributed by atoms with E-state index in [1.807, 2.05) is 18.2 Å². The fourth-order valence-electron chi connectivity index (χ4n) is 5.31. The summed E-state index contributed by atoms with van der Waals surface area (Å²) in [5.41, 5.74) is 8.75. The number of carbonyl (C=O) groups is 1. The van der Waals surface area contributed by atoms with Crippen molar-refractivity contribution in [1.29, 1.82) is 0 Å². The summed E-state index contributed by atoms with van der Waals surface area (Å²) >= 11 is 0. The zero-order valence-corrected chi connectivity index (χ0v) is 18.5. The molecule has 1 aliphatic heterocycles. The average molecular weight is 413 g/mol. The van der Waals surface area contributed by atoms with Gasteiger partial charge in [-0.2, -0.15) is 0 Å². The van der Waals surface area contributed by atoms with Gasteiger partial charge in [0.2, 0.25) is 5.91 Å². The summed E-state index contributed by atoms with van der Waals surface area (Å²) in [5, 5.41) is 11.5. The zero-order valence-electron chi connectivity index (χ0n) is 18.5. The second-order valence-electron chi connectivity index (χ2n) is 10.1. The molecule has 1 saturated heterocycles.